The Morgan fingerprint density at radius 1 is 0.926 bits per heavy atom. The summed E-state index contributed by atoms with van der Waals surface area (Å²) in [5.74, 6) is -0.222. The van der Waals surface area contributed by atoms with Gasteiger partial charge in [0.25, 0.3) is 5.91 Å². The molecule has 68 heavy (non-hydrogen) atoms. The maximum absolute atomic E-state index is 13.8. The van der Waals surface area contributed by atoms with Gasteiger partial charge in [0.05, 0.1) is 24.2 Å². The molecule has 2 unspecified atom stereocenters. The van der Waals surface area contributed by atoms with Gasteiger partial charge in [-0.3, -0.25) is 9.32 Å². The van der Waals surface area contributed by atoms with E-state index in [0.29, 0.717) is 5.56 Å². The maximum atomic E-state index is 13.8. The van der Waals surface area contributed by atoms with E-state index >= 15 is 0 Å². The highest BCUT2D eigenvalue weighted by molar-refractivity contribution is 8.77. The molecule has 0 spiro atoms. The fraction of sp³-hybridized carbons (Fsp3) is 0.512. The summed E-state index contributed by atoms with van der Waals surface area (Å²) >= 11 is 0. The molecule has 0 bridgehead atoms. The van der Waals surface area contributed by atoms with Crippen LogP contribution in [0.3, 0.4) is 0 Å². The van der Waals surface area contributed by atoms with Crippen molar-refractivity contribution in [3.63, 3.8) is 0 Å². The third-order valence-corrected chi connectivity index (χ3v) is 19.5. The lowest BCUT2D eigenvalue weighted by Crippen LogP contribution is -2.45. The summed E-state index contributed by atoms with van der Waals surface area (Å²) in [6.07, 6.45) is 5.97. The average Bonchev–Trinajstić information content (AvgIpc) is 3.63. The van der Waals surface area contributed by atoms with Crippen LogP contribution in [-0.2, 0) is 62.0 Å². The second-order valence-electron chi connectivity index (χ2n) is 18.2. The van der Waals surface area contributed by atoms with E-state index < -0.39 is 64.9 Å². The summed E-state index contributed by atoms with van der Waals surface area (Å²) in [6.45, 7) is 7.24. The number of aromatic carboxylic acids is 1. The zero-order valence-corrected chi connectivity index (χ0v) is 41.6. The van der Waals surface area contributed by atoms with Gasteiger partial charge in [-0.05, 0) is 94.2 Å². The van der Waals surface area contributed by atoms with Gasteiger partial charge in [0.2, 0.25) is 5.36 Å². The molecule has 9 rings (SSSR count). The number of phosphoric acid groups is 3. The minimum atomic E-state index is -5.70. The van der Waals surface area contributed by atoms with Gasteiger partial charge in [-0.25, -0.2) is 18.3 Å². The van der Waals surface area contributed by atoms with Crippen molar-refractivity contribution in [2.75, 3.05) is 50.2 Å². The fourth-order valence-electron chi connectivity index (χ4n) is 10.1. The van der Waals surface area contributed by atoms with Crippen LogP contribution < -0.4 is 35.2 Å². The SMILES string of the molecule is [B][C@H]1C[C@@H](OCSSC(C)(C)CNC(=O)c2ccc(C3=c4cc5c6c(c4Oc4c3cc3c7c4CCCN7CCC3)CCC[N+]=6CCC5)c(C(=O)[O-])c2)[C@@H](COP(=O)(O)OP(=O)(O)OP(=O)(O)O)O1. The highest BCUT2D eigenvalue weighted by Gasteiger charge is 2.43. The van der Waals surface area contributed by atoms with Gasteiger partial charge in [0.15, 0.2) is 0 Å². The summed E-state index contributed by atoms with van der Waals surface area (Å²) in [5.41, 5.74) is 8.27. The molecule has 3 aromatic rings. The Morgan fingerprint density at radius 3 is 2.40 bits per heavy atom. The van der Waals surface area contributed by atoms with Crippen LogP contribution in [0.5, 0.6) is 11.5 Å². The molecule has 0 aromatic heterocycles. The van der Waals surface area contributed by atoms with Crippen LogP contribution in [0.1, 0.15) is 100 Å². The van der Waals surface area contributed by atoms with Gasteiger partial charge < -0.3 is 53.9 Å². The molecule has 6 aliphatic heterocycles. The lowest BCUT2D eigenvalue weighted by atomic mass is 9.81. The zero-order chi connectivity index (χ0) is 48.3. The van der Waals surface area contributed by atoms with Crippen molar-refractivity contribution in [3.8, 4) is 11.5 Å². The lowest BCUT2D eigenvalue weighted by Gasteiger charge is -2.39. The summed E-state index contributed by atoms with van der Waals surface area (Å²) in [5, 5.41) is 18.3. The second-order valence-corrected chi connectivity index (χ2v) is 25.6. The van der Waals surface area contributed by atoms with Crippen molar-refractivity contribution in [1.29, 1.82) is 0 Å². The minimum Gasteiger partial charge on any atom is -0.545 e. The fourth-order valence-corrected chi connectivity index (χ4v) is 15.3. The maximum Gasteiger partial charge on any atom is 0.490 e. The zero-order valence-electron chi connectivity index (χ0n) is 37.3. The van der Waals surface area contributed by atoms with Gasteiger partial charge in [0, 0.05) is 87.5 Å². The molecule has 364 valence electrons. The first-order valence-corrected chi connectivity index (χ1v) is 29.2. The summed E-state index contributed by atoms with van der Waals surface area (Å²) in [7, 11) is -8.08. The molecule has 2 radical (unpaired) electrons. The number of carboxylic acids is 1. The summed E-state index contributed by atoms with van der Waals surface area (Å²) < 4.78 is 67.4. The number of amides is 1. The number of nitrogens with zero attached hydrogens (tertiary/aromatic N) is 2. The Hall–Kier alpha value is -3.04. The topological polar surface area (TPSA) is 263 Å². The van der Waals surface area contributed by atoms with Crippen molar-refractivity contribution >= 4 is 76.0 Å². The number of hydrogen-bond donors (Lipinski definition) is 5. The third-order valence-electron chi connectivity index (χ3n) is 12.8. The monoisotopic (exact) mass is 1030 g/mol. The van der Waals surface area contributed by atoms with Gasteiger partial charge in [-0.2, -0.15) is 8.62 Å². The smallest absolute Gasteiger partial charge is 0.490 e. The first kappa shape index (κ1) is 49.9. The predicted octanol–water partition coefficient (Wildman–Crippen LogP) is 3.34. The van der Waals surface area contributed by atoms with Crippen molar-refractivity contribution in [1.82, 2.24) is 9.89 Å². The molecule has 5 N–H and O–H groups in total. The van der Waals surface area contributed by atoms with Crippen LogP contribution >= 0.6 is 45.1 Å². The molecule has 3 aromatic carbocycles. The van der Waals surface area contributed by atoms with E-state index in [-0.39, 0.29) is 30.0 Å². The Balaban J connectivity index is 0.902. The van der Waals surface area contributed by atoms with Crippen LogP contribution in [0.25, 0.3) is 5.57 Å². The molecular weight excluding hydrogens is 982 g/mol. The molecule has 6 heterocycles. The van der Waals surface area contributed by atoms with Crippen LogP contribution in [-0.4, -0.2) is 108 Å². The molecule has 1 fully saturated rings. The number of anilines is 1. The first-order chi connectivity index (χ1) is 32.2. The molecule has 19 nitrogen and oxygen atoms in total. The van der Waals surface area contributed by atoms with E-state index in [2.05, 4.69) is 35.5 Å². The van der Waals surface area contributed by atoms with Crippen molar-refractivity contribution in [2.45, 2.75) is 94.6 Å². The van der Waals surface area contributed by atoms with Crippen molar-refractivity contribution < 1.29 is 75.3 Å². The Labute approximate surface area is 401 Å². The standard InChI is InChI=1S/C43H51BN3O16P3S2/c1-43(2,68-67-23-58-33-20-35(44)60-34(33)21-59-65(54,55)63-66(56,57)62-64(51,52)53)22-45-41(48)26-11-12-27(30(19-26)42(49)50)36-31-17-24-7-3-13-46-15-5-9-28(37(24)46)39(31)61-40-29-10-6-16-47-14-4-8-25(38(29)47)18-32(36)40/h11-12,17-19,33-35H,3-10,13-16,20-23H2,1-2H3,(H5-,45,48,49,50,51,52,53,54,55,56,57)/t33-,34-,35-/m1/s1. The molecule has 0 aliphatic carbocycles. The normalized spacial score (nSPS) is 22.5. The number of fused-ring (bicyclic) bond motifs is 4. The number of phosphoric ester groups is 1. The van der Waals surface area contributed by atoms with E-state index in [1.54, 1.807) is 12.1 Å². The van der Waals surface area contributed by atoms with Crippen LogP contribution in [0.2, 0.25) is 0 Å². The highest BCUT2D eigenvalue weighted by atomic mass is 33.1. The molecular formula is C43H51BN3O16P3S2. The minimum absolute atomic E-state index is 0.0617. The van der Waals surface area contributed by atoms with Crippen molar-refractivity contribution in [3.05, 3.63) is 85.4 Å². The van der Waals surface area contributed by atoms with Crippen LogP contribution in [0, 0.1) is 0 Å². The van der Waals surface area contributed by atoms with Crippen LogP contribution in [0.4, 0.5) is 5.69 Å². The van der Waals surface area contributed by atoms with E-state index in [1.807, 2.05) is 13.8 Å². The van der Waals surface area contributed by atoms with Gasteiger partial charge in [-0.1, -0.05) is 27.7 Å². The number of nitrogens with one attached hydrogen (secondary N) is 1. The van der Waals surface area contributed by atoms with E-state index in [1.165, 1.54) is 61.0 Å². The van der Waals surface area contributed by atoms with Gasteiger partial charge in [-0.15, -0.1) is 0 Å². The molecule has 1 amide bonds. The Bertz CT molecular complexity index is 2840. The Kier molecular flexibility index (Phi) is 14.3. The largest absolute Gasteiger partial charge is 0.545 e. The molecule has 1 saturated heterocycles. The number of carbonyl (C=O) groups is 2. The summed E-state index contributed by atoms with van der Waals surface area (Å²) in [4.78, 5) is 66.2. The number of ether oxygens (including phenoxy) is 3. The number of aryl methyl sites for hydroxylation is 2. The molecule has 5 atom stereocenters. The number of carbonyl (C=O) groups excluding carboxylic acids is 2. The Morgan fingerprint density at radius 2 is 1.65 bits per heavy atom. The molecule has 6 aliphatic rings. The first-order valence-electron chi connectivity index (χ1n) is 22.3. The second kappa shape index (κ2) is 19.5. The molecule has 25 heteroatoms. The number of carboxylic acid groups (broad SMARTS) is 1. The predicted molar refractivity (Wildman–Crippen MR) is 251 cm³/mol. The van der Waals surface area contributed by atoms with Gasteiger partial charge in [0.1, 0.15) is 44.5 Å². The summed E-state index contributed by atoms with van der Waals surface area (Å²) in [6, 6.07) is 8.34. The highest BCUT2D eigenvalue weighted by Crippen LogP contribution is 2.66. The lowest BCUT2D eigenvalue weighted by molar-refractivity contribution is -0.255. The van der Waals surface area contributed by atoms with Crippen LogP contribution in [0.15, 0.2) is 30.3 Å². The third kappa shape index (κ3) is 10.8. The number of hydrogen-bond acceptors (Lipinski definition) is 15. The molecule has 0 saturated carbocycles. The van der Waals surface area contributed by atoms with Crippen molar-refractivity contribution in [2.24, 2.45) is 0 Å². The van der Waals surface area contributed by atoms with E-state index in [0.717, 1.165) is 105 Å². The van der Waals surface area contributed by atoms with E-state index in [9.17, 15) is 38.2 Å². The van der Waals surface area contributed by atoms with E-state index in [4.69, 9.17) is 36.4 Å². The number of benzene rings is 3. The average molecular weight is 1030 g/mol. The quantitative estimate of drug-likeness (QED) is 0.0254. The van der Waals surface area contributed by atoms with Gasteiger partial charge >= 0.3 is 23.5 Å². The number of rotatable bonds is 17.